The van der Waals surface area contributed by atoms with Crippen LogP contribution in [0.3, 0.4) is 0 Å². The van der Waals surface area contributed by atoms with Crippen molar-refractivity contribution < 1.29 is 9.53 Å². The maximum absolute atomic E-state index is 12.6. The quantitative estimate of drug-likeness (QED) is 0.772. The Bertz CT molecular complexity index is 675. The van der Waals surface area contributed by atoms with Crippen LogP contribution in [0.4, 0.5) is 0 Å². The molecule has 1 spiro atoms. The molecule has 0 radical (unpaired) electrons. The van der Waals surface area contributed by atoms with E-state index in [1.165, 1.54) is 24.8 Å². The molecule has 28 heavy (non-hydrogen) atoms. The van der Waals surface area contributed by atoms with Gasteiger partial charge in [0.05, 0.1) is 5.60 Å². The zero-order chi connectivity index (χ0) is 19.0. The molecule has 1 amide bonds. The summed E-state index contributed by atoms with van der Waals surface area (Å²) >= 11 is 0. The van der Waals surface area contributed by atoms with E-state index in [1.807, 2.05) is 0 Å². The maximum Gasteiger partial charge on any atom is 0.225 e. The Morgan fingerprint density at radius 1 is 1.04 bits per heavy atom. The van der Waals surface area contributed by atoms with Gasteiger partial charge in [-0.05, 0) is 56.9 Å². The first-order valence-electron chi connectivity index (χ1n) is 11.4. The van der Waals surface area contributed by atoms with Crippen LogP contribution in [0.1, 0.15) is 63.4 Å². The molecule has 0 bridgehead atoms. The summed E-state index contributed by atoms with van der Waals surface area (Å²) in [5.41, 5.74) is 1.43. The Hall–Kier alpha value is -1.39. The third-order valence-electron chi connectivity index (χ3n) is 7.60. The highest BCUT2D eigenvalue weighted by atomic mass is 16.5. The van der Waals surface area contributed by atoms with E-state index in [1.54, 1.807) is 0 Å². The lowest BCUT2D eigenvalue weighted by molar-refractivity contribution is -0.154. The van der Waals surface area contributed by atoms with E-state index in [4.69, 9.17) is 4.74 Å². The lowest BCUT2D eigenvalue weighted by atomic mass is 9.80. The Labute approximate surface area is 169 Å². The smallest absolute Gasteiger partial charge is 0.225 e. The van der Waals surface area contributed by atoms with E-state index in [0.717, 1.165) is 70.8 Å². The van der Waals surface area contributed by atoms with Gasteiger partial charge in [0.2, 0.25) is 5.91 Å². The molecule has 2 aliphatic heterocycles. The number of carbonyl (C=O) groups excluding carboxylic acids is 1. The highest BCUT2D eigenvalue weighted by Gasteiger charge is 2.45. The Kier molecular flexibility index (Phi) is 5.18. The number of rotatable bonds is 5. The molecule has 4 nitrogen and oxygen atoms in total. The number of nitrogens with zero attached hydrogens (tertiary/aromatic N) is 2. The van der Waals surface area contributed by atoms with Crippen molar-refractivity contribution in [2.75, 3.05) is 19.7 Å². The first kappa shape index (κ1) is 18.6. The fourth-order valence-electron chi connectivity index (χ4n) is 5.44. The number of hydrogen-bond donors (Lipinski definition) is 0. The third kappa shape index (κ3) is 3.86. The lowest BCUT2D eigenvalue weighted by Crippen LogP contribution is -2.55. The molecule has 1 aromatic rings. The van der Waals surface area contributed by atoms with Crippen molar-refractivity contribution in [3.63, 3.8) is 0 Å². The third-order valence-corrected chi connectivity index (χ3v) is 7.60. The van der Waals surface area contributed by atoms with Gasteiger partial charge in [-0.1, -0.05) is 36.8 Å². The molecule has 2 heterocycles. The topological polar surface area (TPSA) is 32.8 Å². The highest BCUT2D eigenvalue weighted by Crippen LogP contribution is 2.41. The number of likely N-dealkylation sites (tertiary alicyclic amines) is 1. The SMILES string of the molecule is O=C(C1CCC1)N1CCC2(CC1)CC(N(Cc1ccccc1)C1CC1)CCO2. The fourth-order valence-corrected chi connectivity index (χ4v) is 5.44. The van der Waals surface area contributed by atoms with Gasteiger partial charge in [0.25, 0.3) is 0 Å². The molecular weight excluding hydrogens is 348 g/mol. The molecule has 1 unspecified atom stereocenters. The number of hydrogen-bond acceptors (Lipinski definition) is 3. The van der Waals surface area contributed by atoms with Crippen molar-refractivity contribution >= 4 is 5.91 Å². The van der Waals surface area contributed by atoms with Crippen LogP contribution in [-0.2, 0) is 16.1 Å². The summed E-state index contributed by atoms with van der Waals surface area (Å²) in [5, 5.41) is 0. The molecule has 152 valence electrons. The molecule has 4 heteroatoms. The van der Waals surface area contributed by atoms with Crippen molar-refractivity contribution in [2.45, 2.75) is 82.0 Å². The van der Waals surface area contributed by atoms with Crippen molar-refractivity contribution in [3.05, 3.63) is 35.9 Å². The van der Waals surface area contributed by atoms with Crippen LogP contribution in [0.15, 0.2) is 30.3 Å². The monoisotopic (exact) mass is 382 g/mol. The molecule has 5 rings (SSSR count). The summed E-state index contributed by atoms with van der Waals surface area (Å²) in [6, 6.07) is 12.3. The molecule has 2 aliphatic carbocycles. The predicted octanol–water partition coefficient (Wildman–Crippen LogP) is 3.99. The van der Waals surface area contributed by atoms with E-state index in [0.29, 0.717) is 17.9 Å². The number of amides is 1. The van der Waals surface area contributed by atoms with Gasteiger partial charge in [0.1, 0.15) is 0 Å². The van der Waals surface area contributed by atoms with Crippen LogP contribution in [0.2, 0.25) is 0 Å². The van der Waals surface area contributed by atoms with E-state index in [9.17, 15) is 4.79 Å². The van der Waals surface area contributed by atoms with E-state index < -0.39 is 0 Å². The zero-order valence-corrected chi connectivity index (χ0v) is 17.0. The standard InChI is InChI=1S/C24H34N2O2/c27-23(20-7-4-8-20)25-14-12-24(13-15-25)17-22(11-16-28-24)26(21-9-10-21)18-19-5-2-1-3-6-19/h1-3,5-6,20-22H,4,7-18H2. The molecule has 4 aliphatic rings. The van der Waals surface area contributed by atoms with Gasteiger partial charge in [-0.25, -0.2) is 0 Å². The average Bonchev–Trinajstić information content (AvgIpc) is 3.51. The highest BCUT2D eigenvalue weighted by molar-refractivity contribution is 5.79. The first-order chi connectivity index (χ1) is 13.7. The van der Waals surface area contributed by atoms with Gasteiger partial charge >= 0.3 is 0 Å². The molecule has 1 aromatic carbocycles. The number of carbonyl (C=O) groups is 1. The summed E-state index contributed by atoms with van der Waals surface area (Å²) in [4.78, 5) is 17.5. The predicted molar refractivity (Wildman–Crippen MR) is 110 cm³/mol. The minimum Gasteiger partial charge on any atom is -0.375 e. The van der Waals surface area contributed by atoms with E-state index in [-0.39, 0.29) is 5.60 Å². The number of piperidine rings is 1. The van der Waals surface area contributed by atoms with Crippen LogP contribution < -0.4 is 0 Å². The zero-order valence-electron chi connectivity index (χ0n) is 17.0. The molecule has 1 atom stereocenters. The first-order valence-corrected chi connectivity index (χ1v) is 11.4. The average molecular weight is 383 g/mol. The molecule has 4 fully saturated rings. The van der Waals surface area contributed by atoms with Gasteiger partial charge in [-0.3, -0.25) is 9.69 Å². The molecule has 2 saturated heterocycles. The van der Waals surface area contributed by atoms with Crippen molar-refractivity contribution in [1.29, 1.82) is 0 Å². The van der Waals surface area contributed by atoms with Crippen LogP contribution in [0, 0.1) is 5.92 Å². The van der Waals surface area contributed by atoms with Gasteiger partial charge in [-0.2, -0.15) is 0 Å². The van der Waals surface area contributed by atoms with E-state index in [2.05, 4.69) is 40.1 Å². The van der Waals surface area contributed by atoms with Crippen molar-refractivity contribution in [3.8, 4) is 0 Å². The Morgan fingerprint density at radius 3 is 2.43 bits per heavy atom. The summed E-state index contributed by atoms with van der Waals surface area (Å²) < 4.78 is 6.40. The fraction of sp³-hybridized carbons (Fsp3) is 0.708. The van der Waals surface area contributed by atoms with Crippen molar-refractivity contribution in [2.24, 2.45) is 5.92 Å². The van der Waals surface area contributed by atoms with Crippen LogP contribution in [0.5, 0.6) is 0 Å². The minimum absolute atomic E-state index is 0.00311. The lowest BCUT2D eigenvalue weighted by Gasteiger charge is -2.49. The summed E-state index contributed by atoms with van der Waals surface area (Å²) in [7, 11) is 0. The Morgan fingerprint density at radius 2 is 1.79 bits per heavy atom. The van der Waals surface area contributed by atoms with Gasteiger partial charge < -0.3 is 9.64 Å². The van der Waals surface area contributed by atoms with Crippen LogP contribution >= 0.6 is 0 Å². The van der Waals surface area contributed by atoms with Gasteiger partial charge in [-0.15, -0.1) is 0 Å². The second-order valence-electron chi connectivity index (χ2n) is 9.52. The van der Waals surface area contributed by atoms with Crippen molar-refractivity contribution in [1.82, 2.24) is 9.80 Å². The second kappa shape index (κ2) is 7.79. The molecule has 0 N–H and O–H groups in total. The Balaban J connectivity index is 1.22. The summed E-state index contributed by atoms with van der Waals surface area (Å²) in [5.74, 6) is 0.738. The molecule has 2 saturated carbocycles. The minimum atomic E-state index is 0.00311. The summed E-state index contributed by atoms with van der Waals surface area (Å²) in [6.45, 7) is 3.73. The van der Waals surface area contributed by atoms with E-state index >= 15 is 0 Å². The van der Waals surface area contributed by atoms with Crippen LogP contribution in [0.25, 0.3) is 0 Å². The number of ether oxygens (including phenoxy) is 1. The molecular formula is C24H34N2O2. The number of benzene rings is 1. The molecule has 0 aromatic heterocycles. The van der Waals surface area contributed by atoms with Gasteiger partial charge in [0.15, 0.2) is 0 Å². The largest absolute Gasteiger partial charge is 0.375 e. The normalized spacial score (nSPS) is 27.8. The van der Waals surface area contributed by atoms with Gasteiger partial charge in [0, 0.05) is 44.2 Å². The summed E-state index contributed by atoms with van der Waals surface area (Å²) in [6.07, 6.45) is 10.5. The second-order valence-corrected chi connectivity index (χ2v) is 9.52. The van der Waals surface area contributed by atoms with Crippen LogP contribution in [-0.4, -0.2) is 53.1 Å². The maximum atomic E-state index is 12.6.